The molecule has 1 amide bonds. The van der Waals surface area contributed by atoms with Crippen LogP contribution in [0.3, 0.4) is 0 Å². The van der Waals surface area contributed by atoms with Gasteiger partial charge in [0.2, 0.25) is 5.91 Å². The SMILES string of the molecule is Cn1cc([C@H]2[C@@H](C(=O)O)CCC(=O)N2CCc2cccnc2)cn1. The van der Waals surface area contributed by atoms with E-state index in [0.29, 0.717) is 19.4 Å². The van der Waals surface area contributed by atoms with E-state index in [1.54, 1.807) is 41.4 Å². The lowest BCUT2D eigenvalue weighted by atomic mass is 9.85. The molecular formula is C17H20N4O3. The van der Waals surface area contributed by atoms with Crippen LogP contribution in [0.5, 0.6) is 0 Å². The normalized spacial score (nSPS) is 21.0. The third-order valence-corrected chi connectivity index (χ3v) is 4.45. The molecule has 0 spiro atoms. The van der Waals surface area contributed by atoms with E-state index in [1.165, 1.54) is 0 Å². The highest BCUT2D eigenvalue weighted by Gasteiger charge is 2.41. The van der Waals surface area contributed by atoms with Gasteiger partial charge < -0.3 is 10.0 Å². The summed E-state index contributed by atoms with van der Waals surface area (Å²) in [6.07, 6.45) is 8.17. The van der Waals surface area contributed by atoms with Gasteiger partial charge >= 0.3 is 5.97 Å². The third-order valence-electron chi connectivity index (χ3n) is 4.45. The maximum atomic E-state index is 12.5. The molecule has 3 heterocycles. The molecule has 2 atom stereocenters. The number of piperidine rings is 1. The Morgan fingerprint density at radius 3 is 2.88 bits per heavy atom. The quantitative estimate of drug-likeness (QED) is 0.897. The largest absolute Gasteiger partial charge is 0.481 e. The van der Waals surface area contributed by atoms with Gasteiger partial charge in [0.25, 0.3) is 0 Å². The first-order valence-electron chi connectivity index (χ1n) is 7.96. The van der Waals surface area contributed by atoms with Crippen LogP contribution in [0.25, 0.3) is 0 Å². The molecule has 0 saturated carbocycles. The number of aryl methyl sites for hydroxylation is 1. The second kappa shape index (κ2) is 6.82. The maximum absolute atomic E-state index is 12.5. The van der Waals surface area contributed by atoms with Crippen molar-refractivity contribution in [2.24, 2.45) is 13.0 Å². The lowest BCUT2D eigenvalue weighted by Gasteiger charge is -2.39. The maximum Gasteiger partial charge on any atom is 0.308 e. The molecule has 0 bridgehead atoms. The summed E-state index contributed by atoms with van der Waals surface area (Å²) in [4.78, 5) is 29.9. The molecule has 1 aliphatic rings. The number of rotatable bonds is 5. The minimum Gasteiger partial charge on any atom is -0.481 e. The molecule has 2 aromatic heterocycles. The molecule has 0 aliphatic carbocycles. The third kappa shape index (κ3) is 3.29. The van der Waals surface area contributed by atoms with E-state index in [2.05, 4.69) is 10.1 Å². The Balaban J connectivity index is 1.86. The van der Waals surface area contributed by atoms with Gasteiger partial charge in [-0.3, -0.25) is 19.3 Å². The summed E-state index contributed by atoms with van der Waals surface area (Å²) < 4.78 is 1.63. The predicted molar refractivity (Wildman–Crippen MR) is 86.0 cm³/mol. The first-order valence-corrected chi connectivity index (χ1v) is 7.96. The fraction of sp³-hybridized carbons (Fsp3) is 0.412. The van der Waals surface area contributed by atoms with Crippen LogP contribution in [-0.2, 0) is 23.1 Å². The smallest absolute Gasteiger partial charge is 0.308 e. The Hall–Kier alpha value is -2.70. The minimum atomic E-state index is -0.872. The molecule has 2 aromatic rings. The van der Waals surface area contributed by atoms with E-state index in [9.17, 15) is 14.7 Å². The van der Waals surface area contributed by atoms with Crippen molar-refractivity contribution in [3.63, 3.8) is 0 Å². The van der Waals surface area contributed by atoms with Gasteiger partial charge in [0.05, 0.1) is 18.2 Å². The highest BCUT2D eigenvalue weighted by atomic mass is 16.4. The van der Waals surface area contributed by atoms with E-state index in [-0.39, 0.29) is 12.3 Å². The zero-order valence-electron chi connectivity index (χ0n) is 13.5. The molecule has 0 aromatic carbocycles. The van der Waals surface area contributed by atoms with Crippen molar-refractivity contribution < 1.29 is 14.7 Å². The monoisotopic (exact) mass is 328 g/mol. The summed E-state index contributed by atoms with van der Waals surface area (Å²) >= 11 is 0. The first kappa shape index (κ1) is 16.2. The van der Waals surface area contributed by atoms with Crippen LogP contribution in [0.1, 0.15) is 30.0 Å². The summed E-state index contributed by atoms with van der Waals surface area (Å²) in [5.41, 5.74) is 1.79. The fourth-order valence-electron chi connectivity index (χ4n) is 3.28. The Bertz CT molecular complexity index is 728. The molecule has 7 nitrogen and oxygen atoms in total. The number of hydrogen-bond donors (Lipinski definition) is 1. The van der Waals surface area contributed by atoms with E-state index in [0.717, 1.165) is 11.1 Å². The number of hydrogen-bond acceptors (Lipinski definition) is 4. The topological polar surface area (TPSA) is 88.3 Å². The lowest BCUT2D eigenvalue weighted by molar-refractivity contribution is -0.152. The zero-order chi connectivity index (χ0) is 17.1. The van der Waals surface area contributed by atoms with Crippen LogP contribution in [0.2, 0.25) is 0 Å². The number of carbonyl (C=O) groups is 2. The number of nitrogens with zero attached hydrogens (tertiary/aromatic N) is 4. The van der Waals surface area contributed by atoms with Crippen LogP contribution in [0, 0.1) is 5.92 Å². The summed E-state index contributed by atoms with van der Waals surface area (Å²) in [6, 6.07) is 3.33. The Kier molecular flexibility index (Phi) is 4.59. The molecule has 1 saturated heterocycles. The minimum absolute atomic E-state index is 0.00903. The molecule has 7 heteroatoms. The van der Waals surface area contributed by atoms with Gasteiger partial charge in [-0.2, -0.15) is 5.10 Å². The lowest BCUT2D eigenvalue weighted by Crippen LogP contribution is -2.46. The number of aromatic nitrogens is 3. The predicted octanol–water partition coefficient (Wildman–Crippen LogP) is 1.42. The first-order chi connectivity index (χ1) is 11.6. The van der Waals surface area contributed by atoms with Crippen LogP contribution in [-0.4, -0.2) is 43.2 Å². The molecule has 3 rings (SSSR count). The Labute approximate surface area is 139 Å². The molecule has 0 radical (unpaired) electrons. The molecule has 0 unspecified atom stereocenters. The van der Waals surface area contributed by atoms with E-state index in [1.807, 2.05) is 12.1 Å². The summed E-state index contributed by atoms with van der Waals surface area (Å²) in [5.74, 6) is -1.49. The average Bonchev–Trinajstić information content (AvgIpc) is 3.00. The molecule has 1 fully saturated rings. The van der Waals surface area contributed by atoms with Crippen LogP contribution >= 0.6 is 0 Å². The molecular weight excluding hydrogens is 308 g/mol. The highest BCUT2D eigenvalue weighted by molar-refractivity contribution is 5.81. The summed E-state index contributed by atoms with van der Waals surface area (Å²) in [6.45, 7) is 0.466. The number of aliphatic carboxylic acids is 1. The van der Waals surface area contributed by atoms with Crippen LogP contribution < -0.4 is 0 Å². The van der Waals surface area contributed by atoms with Gasteiger partial charge in [0, 0.05) is 44.2 Å². The molecule has 1 N–H and O–H groups in total. The van der Waals surface area contributed by atoms with Crippen molar-refractivity contribution in [3.8, 4) is 0 Å². The highest BCUT2D eigenvalue weighted by Crippen LogP contribution is 2.36. The number of likely N-dealkylation sites (tertiary alicyclic amines) is 1. The molecule has 1 aliphatic heterocycles. The van der Waals surface area contributed by atoms with Crippen molar-refractivity contribution in [3.05, 3.63) is 48.0 Å². The van der Waals surface area contributed by atoms with Crippen molar-refractivity contribution >= 4 is 11.9 Å². The number of carbonyl (C=O) groups excluding carboxylic acids is 1. The van der Waals surface area contributed by atoms with Crippen molar-refractivity contribution in [2.75, 3.05) is 6.54 Å². The van der Waals surface area contributed by atoms with E-state index in [4.69, 9.17) is 0 Å². The second-order valence-corrected chi connectivity index (χ2v) is 6.07. The average molecular weight is 328 g/mol. The molecule has 24 heavy (non-hydrogen) atoms. The Morgan fingerprint density at radius 1 is 1.42 bits per heavy atom. The van der Waals surface area contributed by atoms with Gasteiger partial charge in [-0.05, 0) is 24.5 Å². The number of carboxylic acids is 1. The summed E-state index contributed by atoms with van der Waals surface area (Å²) in [7, 11) is 1.78. The van der Waals surface area contributed by atoms with E-state index < -0.39 is 17.9 Å². The van der Waals surface area contributed by atoms with Gasteiger partial charge in [0.15, 0.2) is 0 Å². The second-order valence-electron chi connectivity index (χ2n) is 6.07. The van der Waals surface area contributed by atoms with Crippen LogP contribution in [0.4, 0.5) is 0 Å². The van der Waals surface area contributed by atoms with E-state index >= 15 is 0 Å². The summed E-state index contributed by atoms with van der Waals surface area (Å²) in [5, 5.41) is 13.7. The standard InChI is InChI=1S/C17H20N4O3/c1-20-11-13(10-19-20)16-14(17(23)24)4-5-15(22)21(16)8-6-12-3-2-7-18-9-12/h2-3,7,9-11,14,16H,4-6,8H2,1H3,(H,23,24)/t14-,16-/m0/s1. The molecule has 126 valence electrons. The Morgan fingerprint density at radius 2 is 2.25 bits per heavy atom. The van der Waals surface area contributed by atoms with Crippen molar-refractivity contribution in [1.82, 2.24) is 19.7 Å². The van der Waals surface area contributed by atoms with Gasteiger partial charge in [-0.15, -0.1) is 0 Å². The van der Waals surface area contributed by atoms with Gasteiger partial charge in [-0.25, -0.2) is 0 Å². The van der Waals surface area contributed by atoms with Crippen molar-refractivity contribution in [2.45, 2.75) is 25.3 Å². The van der Waals surface area contributed by atoms with Gasteiger partial charge in [-0.1, -0.05) is 6.07 Å². The number of pyridine rings is 1. The van der Waals surface area contributed by atoms with Crippen molar-refractivity contribution in [1.29, 1.82) is 0 Å². The number of amides is 1. The fourth-order valence-corrected chi connectivity index (χ4v) is 3.28. The zero-order valence-corrected chi connectivity index (χ0v) is 13.5. The van der Waals surface area contributed by atoms with Gasteiger partial charge in [0.1, 0.15) is 0 Å². The number of carboxylic acid groups (broad SMARTS) is 1. The van der Waals surface area contributed by atoms with Crippen LogP contribution in [0.15, 0.2) is 36.9 Å².